The second kappa shape index (κ2) is 7.18. The van der Waals surface area contributed by atoms with E-state index in [9.17, 15) is 13.2 Å². The van der Waals surface area contributed by atoms with Crippen molar-refractivity contribution >= 4 is 12.4 Å². The van der Waals surface area contributed by atoms with Crippen molar-refractivity contribution in [3.63, 3.8) is 0 Å². The fourth-order valence-electron chi connectivity index (χ4n) is 2.87. The number of hydrogen-bond acceptors (Lipinski definition) is 3. The molecule has 7 heteroatoms. The molecule has 3 nitrogen and oxygen atoms in total. The highest BCUT2D eigenvalue weighted by Gasteiger charge is 2.37. The number of rotatable bonds is 4. The molecule has 1 aromatic carbocycles. The molecule has 0 amide bonds. The molecule has 1 heterocycles. The first kappa shape index (κ1) is 18.2. The second-order valence-corrected chi connectivity index (χ2v) is 5.95. The Hall–Kier alpha value is -1.14. The van der Waals surface area contributed by atoms with Crippen LogP contribution in [0.4, 0.5) is 13.2 Å². The average molecular weight is 352 g/mol. The Morgan fingerprint density at radius 2 is 1.87 bits per heavy atom. The largest absolute Gasteiger partial charge is 0.496 e. The Morgan fingerprint density at radius 1 is 1.13 bits per heavy atom. The van der Waals surface area contributed by atoms with Crippen molar-refractivity contribution in [1.82, 2.24) is 5.32 Å². The van der Waals surface area contributed by atoms with E-state index in [0.717, 1.165) is 50.4 Å². The SMILES string of the molecule is COc1cc(C2CCCNC2)c(OC2CC2)cc1C(F)(F)F.Cl. The summed E-state index contributed by atoms with van der Waals surface area (Å²) in [4.78, 5) is 0. The fourth-order valence-corrected chi connectivity index (χ4v) is 2.87. The first-order valence-corrected chi connectivity index (χ1v) is 7.65. The van der Waals surface area contributed by atoms with E-state index in [1.807, 2.05) is 0 Å². The Balaban J connectivity index is 0.00000192. The molecule has 2 fully saturated rings. The first-order valence-electron chi connectivity index (χ1n) is 7.65. The minimum absolute atomic E-state index is 0. The zero-order chi connectivity index (χ0) is 15.7. The van der Waals surface area contributed by atoms with Crippen LogP contribution in [-0.2, 0) is 6.18 Å². The van der Waals surface area contributed by atoms with Gasteiger partial charge in [-0.05, 0) is 44.4 Å². The molecule has 3 rings (SSSR count). The van der Waals surface area contributed by atoms with Crippen molar-refractivity contribution in [1.29, 1.82) is 0 Å². The van der Waals surface area contributed by atoms with Crippen LogP contribution in [0.15, 0.2) is 12.1 Å². The van der Waals surface area contributed by atoms with E-state index >= 15 is 0 Å². The van der Waals surface area contributed by atoms with Crippen molar-refractivity contribution in [3.8, 4) is 11.5 Å². The van der Waals surface area contributed by atoms with Gasteiger partial charge in [-0.25, -0.2) is 0 Å². The molecule has 1 aliphatic carbocycles. The van der Waals surface area contributed by atoms with Crippen LogP contribution in [0.3, 0.4) is 0 Å². The van der Waals surface area contributed by atoms with Gasteiger partial charge in [-0.3, -0.25) is 0 Å². The zero-order valence-electron chi connectivity index (χ0n) is 12.9. The van der Waals surface area contributed by atoms with Gasteiger partial charge in [0.2, 0.25) is 0 Å². The molecule has 1 aromatic rings. The second-order valence-electron chi connectivity index (χ2n) is 5.95. The van der Waals surface area contributed by atoms with Gasteiger partial charge in [0.25, 0.3) is 0 Å². The maximum absolute atomic E-state index is 13.2. The maximum atomic E-state index is 13.2. The summed E-state index contributed by atoms with van der Waals surface area (Å²) in [5.41, 5.74) is 0.0575. The number of nitrogens with one attached hydrogen (secondary N) is 1. The molecule has 2 aliphatic rings. The molecule has 0 bridgehead atoms. The van der Waals surface area contributed by atoms with E-state index < -0.39 is 11.7 Å². The molecule has 0 radical (unpaired) electrons. The van der Waals surface area contributed by atoms with Gasteiger partial charge < -0.3 is 14.8 Å². The molecule has 1 aliphatic heterocycles. The number of piperidine rings is 1. The van der Waals surface area contributed by atoms with Gasteiger partial charge in [0.15, 0.2) is 0 Å². The summed E-state index contributed by atoms with van der Waals surface area (Å²) in [6.07, 6.45) is -0.605. The number of methoxy groups -OCH3 is 1. The molecule has 0 spiro atoms. The molecule has 130 valence electrons. The summed E-state index contributed by atoms with van der Waals surface area (Å²) in [5.74, 6) is 0.402. The summed E-state index contributed by atoms with van der Waals surface area (Å²) in [6, 6.07) is 2.62. The van der Waals surface area contributed by atoms with Crippen LogP contribution < -0.4 is 14.8 Å². The summed E-state index contributed by atoms with van der Waals surface area (Å²) >= 11 is 0. The fraction of sp³-hybridized carbons (Fsp3) is 0.625. The lowest BCUT2D eigenvalue weighted by molar-refractivity contribution is -0.138. The third kappa shape index (κ3) is 4.23. The summed E-state index contributed by atoms with van der Waals surface area (Å²) in [5, 5.41) is 3.29. The minimum Gasteiger partial charge on any atom is -0.496 e. The van der Waals surface area contributed by atoms with E-state index in [4.69, 9.17) is 9.47 Å². The number of halogens is 4. The summed E-state index contributed by atoms with van der Waals surface area (Å²) in [7, 11) is 1.27. The van der Waals surface area contributed by atoms with E-state index in [0.29, 0.717) is 5.75 Å². The highest BCUT2D eigenvalue weighted by Crippen LogP contribution is 2.44. The van der Waals surface area contributed by atoms with Crippen LogP contribution in [0.5, 0.6) is 11.5 Å². The van der Waals surface area contributed by atoms with Gasteiger partial charge in [0, 0.05) is 18.0 Å². The van der Waals surface area contributed by atoms with Crippen molar-refractivity contribution in [2.75, 3.05) is 20.2 Å². The Bertz CT molecular complexity index is 541. The predicted octanol–water partition coefficient (Wildman–Crippen LogP) is 4.14. The van der Waals surface area contributed by atoms with Gasteiger partial charge in [-0.2, -0.15) is 13.2 Å². The van der Waals surface area contributed by atoms with Gasteiger partial charge in [0.05, 0.1) is 13.2 Å². The standard InChI is InChI=1S/C16H20F3NO2.ClH/c1-21-15-7-12(10-3-2-6-20-9-10)14(22-11-4-5-11)8-13(15)16(17,18)19;/h7-8,10-11,20H,2-6,9H2,1H3;1H. The Morgan fingerprint density at radius 3 is 2.39 bits per heavy atom. The topological polar surface area (TPSA) is 30.5 Å². The molecular formula is C16H21ClF3NO2. The first-order chi connectivity index (χ1) is 10.5. The van der Waals surface area contributed by atoms with Crippen LogP contribution in [0, 0.1) is 0 Å². The lowest BCUT2D eigenvalue weighted by atomic mass is 9.90. The zero-order valence-corrected chi connectivity index (χ0v) is 13.7. The van der Waals surface area contributed by atoms with Crippen LogP contribution in [0.2, 0.25) is 0 Å². The number of ether oxygens (including phenoxy) is 2. The van der Waals surface area contributed by atoms with Crippen LogP contribution in [0.1, 0.15) is 42.7 Å². The van der Waals surface area contributed by atoms with Crippen molar-refractivity contribution in [2.24, 2.45) is 0 Å². The molecule has 1 unspecified atom stereocenters. The molecule has 23 heavy (non-hydrogen) atoms. The molecule has 1 saturated carbocycles. The molecule has 1 atom stereocenters. The maximum Gasteiger partial charge on any atom is 0.420 e. The monoisotopic (exact) mass is 351 g/mol. The third-order valence-electron chi connectivity index (χ3n) is 4.19. The lowest BCUT2D eigenvalue weighted by Crippen LogP contribution is -2.28. The summed E-state index contributed by atoms with van der Waals surface area (Å²) < 4.78 is 50.3. The number of alkyl halides is 3. The molecule has 1 saturated heterocycles. The predicted molar refractivity (Wildman–Crippen MR) is 83.7 cm³/mol. The minimum atomic E-state index is -4.45. The summed E-state index contributed by atoms with van der Waals surface area (Å²) in [6.45, 7) is 1.71. The van der Waals surface area contributed by atoms with E-state index in [2.05, 4.69) is 5.32 Å². The van der Waals surface area contributed by atoms with Crippen LogP contribution in [-0.4, -0.2) is 26.3 Å². The number of hydrogen-bond donors (Lipinski definition) is 1. The highest BCUT2D eigenvalue weighted by atomic mass is 35.5. The van der Waals surface area contributed by atoms with E-state index in [-0.39, 0.29) is 30.2 Å². The third-order valence-corrected chi connectivity index (χ3v) is 4.19. The average Bonchev–Trinajstić information content (AvgIpc) is 3.31. The highest BCUT2D eigenvalue weighted by molar-refractivity contribution is 5.85. The van der Waals surface area contributed by atoms with Gasteiger partial charge in [0.1, 0.15) is 17.1 Å². The van der Waals surface area contributed by atoms with Crippen LogP contribution in [0.25, 0.3) is 0 Å². The van der Waals surface area contributed by atoms with E-state index in [1.54, 1.807) is 0 Å². The van der Waals surface area contributed by atoms with Crippen molar-refractivity contribution in [3.05, 3.63) is 23.3 Å². The Labute approximate surface area is 139 Å². The normalized spacial score (nSPS) is 21.5. The molecular weight excluding hydrogens is 331 g/mol. The number of benzene rings is 1. The Kier molecular flexibility index (Phi) is 5.68. The van der Waals surface area contributed by atoms with Gasteiger partial charge in [-0.15, -0.1) is 12.4 Å². The van der Waals surface area contributed by atoms with Gasteiger partial charge in [-0.1, -0.05) is 0 Å². The van der Waals surface area contributed by atoms with Crippen molar-refractivity contribution < 1.29 is 22.6 Å². The lowest BCUT2D eigenvalue weighted by Gasteiger charge is -2.26. The quantitative estimate of drug-likeness (QED) is 0.884. The smallest absolute Gasteiger partial charge is 0.420 e. The van der Waals surface area contributed by atoms with Crippen LogP contribution >= 0.6 is 12.4 Å². The molecule has 1 N–H and O–H groups in total. The van der Waals surface area contributed by atoms with Crippen molar-refractivity contribution in [2.45, 2.75) is 43.9 Å². The van der Waals surface area contributed by atoms with E-state index in [1.165, 1.54) is 13.2 Å². The van der Waals surface area contributed by atoms with Gasteiger partial charge >= 0.3 is 6.18 Å². The molecule has 0 aromatic heterocycles.